The molecule has 1 aromatic carbocycles. The predicted molar refractivity (Wildman–Crippen MR) is 108 cm³/mol. The lowest BCUT2D eigenvalue weighted by atomic mass is 10.1. The van der Waals surface area contributed by atoms with Gasteiger partial charge >= 0.3 is 6.18 Å². The van der Waals surface area contributed by atoms with E-state index in [9.17, 15) is 18.0 Å². The minimum absolute atomic E-state index is 0.149. The van der Waals surface area contributed by atoms with Gasteiger partial charge in [-0.25, -0.2) is 15.0 Å². The van der Waals surface area contributed by atoms with E-state index in [2.05, 4.69) is 25.4 Å². The summed E-state index contributed by atoms with van der Waals surface area (Å²) < 4.78 is 42.7. The average Bonchev–Trinajstić information content (AvgIpc) is 3.21. The molecule has 0 radical (unpaired) electrons. The van der Waals surface area contributed by atoms with Crippen LogP contribution in [0.5, 0.6) is 0 Å². The van der Waals surface area contributed by atoms with Crippen LogP contribution in [0.2, 0.25) is 5.02 Å². The SMILES string of the molecule is CC(Nc1cc(=O)n(C)c2c(Cl)cc(C(F)(F)F)cc12)c1ncnn1-c1ncccn1. The Kier molecular flexibility index (Phi) is 5.13. The fraction of sp³-hybridized carbons (Fsp3) is 0.211. The number of alkyl halides is 3. The molecule has 0 fully saturated rings. The molecule has 31 heavy (non-hydrogen) atoms. The van der Waals surface area contributed by atoms with Crippen LogP contribution in [0.1, 0.15) is 24.4 Å². The van der Waals surface area contributed by atoms with E-state index < -0.39 is 23.3 Å². The van der Waals surface area contributed by atoms with Crippen LogP contribution >= 0.6 is 11.6 Å². The maximum Gasteiger partial charge on any atom is 0.416 e. The zero-order valence-corrected chi connectivity index (χ0v) is 17.0. The first kappa shape index (κ1) is 20.8. The van der Waals surface area contributed by atoms with Gasteiger partial charge in [-0.2, -0.15) is 23.0 Å². The molecule has 160 valence electrons. The zero-order valence-electron chi connectivity index (χ0n) is 16.2. The molecular weight excluding hydrogens is 435 g/mol. The average molecular weight is 450 g/mol. The van der Waals surface area contributed by atoms with Gasteiger partial charge in [0.2, 0.25) is 0 Å². The number of aryl methyl sites for hydroxylation is 1. The molecular formula is C19H15ClF3N7O. The van der Waals surface area contributed by atoms with Crippen LogP contribution in [0.3, 0.4) is 0 Å². The van der Waals surface area contributed by atoms with E-state index >= 15 is 0 Å². The number of anilines is 1. The highest BCUT2D eigenvalue weighted by molar-refractivity contribution is 6.35. The van der Waals surface area contributed by atoms with Crippen molar-refractivity contribution >= 4 is 28.2 Å². The second-order valence-electron chi connectivity index (χ2n) is 6.75. The first-order chi connectivity index (χ1) is 14.7. The molecule has 3 aromatic heterocycles. The van der Waals surface area contributed by atoms with Gasteiger partial charge < -0.3 is 9.88 Å². The normalized spacial score (nSPS) is 12.8. The number of hydrogen-bond donors (Lipinski definition) is 1. The van der Waals surface area contributed by atoms with Gasteiger partial charge in [-0.05, 0) is 25.1 Å². The molecule has 1 atom stereocenters. The van der Waals surface area contributed by atoms with Crippen LogP contribution in [-0.4, -0.2) is 29.3 Å². The van der Waals surface area contributed by atoms with E-state index in [0.717, 1.165) is 12.1 Å². The quantitative estimate of drug-likeness (QED) is 0.510. The van der Waals surface area contributed by atoms with Crippen molar-refractivity contribution in [1.82, 2.24) is 29.3 Å². The fourth-order valence-electron chi connectivity index (χ4n) is 3.23. The van der Waals surface area contributed by atoms with Gasteiger partial charge in [-0.1, -0.05) is 11.6 Å². The molecule has 1 N–H and O–H groups in total. The Hall–Kier alpha value is -3.47. The molecule has 0 spiro atoms. The summed E-state index contributed by atoms with van der Waals surface area (Å²) in [5.74, 6) is 0.679. The van der Waals surface area contributed by atoms with Gasteiger partial charge in [0.1, 0.15) is 6.33 Å². The van der Waals surface area contributed by atoms with Crippen molar-refractivity contribution in [3.8, 4) is 5.95 Å². The molecule has 4 rings (SSSR count). The van der Waals surface area contributed by atoms with Crippen LogP contribution < -0.4 is 10.9 Å². The topological polar surface area (TPSA) is 90.5 Å². The minimum Gasteiger partial charge on any atom is -0.375 e. The number of aromatic nitrogens is 6. The number of rotatable bonds is 4. The summed E-state index contributed by atoms with van der Waals surface area (Å²) in [7, 11) is 1.44. The van der Waals surface area contributed by atoms with E-state index in [1.54, 1.807) is 25.4 Å². The van der Waals surface area contributed by atoms with Gasteiger partial charge in [0.05, 0.1) is 22.1 Å². The molecule has 0 saturated heterocycles. The number of halogens is 4. The highest BCUT2D eigenvalue weighted by Gasteiger charge is 2.32. The maximum absolute atomic E-state index is 13.4. The van der Waals surface area contributed by atoms with E-state index in [-0.39, 0.29) is 27.6 Å². The van der Waals surface area contributed by atoms with Gasteiger partial charge in [0.25, 0.3) is 11.5 Å². The van der Waals surface area contributed by atoms with Gasteiger partial charge in [0, 0.05) is 36.6 Å². The molecule has 0 bridgehead atoms. The second kappa shape index (κ2) is 7.65. The van der Waals surface area contributed by atoms with E-state index in [1.165, 1.54) is 28.7 Å². The van der Waals surface area contributed by atoms with Crippen molar-refractivity contribution < 1.29 is 13.2 Å². The number of pyridine rings is 1. The third-order valence-electron chi connectivity index (χ3n) is 4.69. The summed E-state index contributed by atoms with van der Waals surface area (Å²) in [6, 6.07) is 4.07. The Morgan fingerprint density at radius 3 is 2.52 bits per heavy atom. The van der Waals surface area contributed by atoms with Crippen molar-refractivity contribution in [2.75, 3.05) is 5.32 Å². The molecule has 12 heteroatoms. The lowest BCUT2D eigenvalue weighted by Crippen LogP contribution is -2.20. The van der Waals surface area contributed by atoms with Crippen molar-refractivity contribution in [2.45, 2.75) is 19.1 Å². The first-order valence-electron chi connectivity index (χ1n) is 9.01. The summed E-state index contributed by atoms with van der Waals surface area (Å²) in [6.45, 7) is 1.72. The number of benzene rings is 1. The maximum atomic E-state index is 13.4. The second-order valence-corrected chi connectivity index (χ2v) is 7.16. The van der Waals surface area contributed by atoms with Gasteiger partial charge in [-0.3, -0.25) is 4.79 Å². The van der Waals surface area contributed by atoms with Crippen molar-refractivity contribution in [3.63, 3.8) is 0 Å². The lowest BCUT2D eigenvalue weighted by molar-refractivity contribution is -0.137. The highest BCUT2D eigenvalue weighted by Crippen LogP contribution is 2.37. The van der Waals surface area contributed by atoms with E-state index in [4.69, 9.17) is 11.6 Å². The fourth-order valence-corrected chi connectivity index (χ4v) is 3.58. The molecule has 1 unspecified atom stereocenters. The summed E-state index contributed by atoms with van der Waals surface area (Å²) in [5.41, 5.74) is -0.983. The molecule has 8 nitrogen and oxygen atoms in total. The van der Waals surface area contributed by atoms with Crippen LogP contribution in [0.4, 0.5) is 18.9 Å². The standard InChI is InChI=1S/C19H15ClF3N7O/c1-10(17-26-9-27-30(17)18-24-4-3-5-25-18)28-14-8-15(31)29(2)16-12(14)6-11(7-13(16)20)19(21,22)23/h3-10,28H,1-2H3. The summed E-state index contributed by atoms with van der Waals surface area (Å²) >= 11 is 6.13. The Bertz CT molecular complexity index is 1320. The first-order valence-corrected chi connectivity index (χ1v) is 9.39. The molecule has 0 saturated carbocycles. The van der Waals surface area contributed by atoms with Crippen LogP contribution in [0.15, 0.2) is 47.8 Å². The molecule has 4 aromatic rings. The largest absolute Gasteiger partial charge is 0.416 e. The smallest absolute Gasteiger partial charge is 0.375 e. The van der Waals surface area contributed by atoms with Crippen LogP contribution in [-0.2, 0) is 13.2 Å². The van der Waals surface area contributed by atoms with Crippen molar-refractivity contribution in [1.29, 1.82) is 0 Å². The molecule has 3 heterocycles. The third-order valence-corrected chi connectivity index (χ3v) is 4.98. The van der Waals surface area contributed by atoms with E-state index in [1.807, 2.05) is 0 Å². The predicted octanol–water partition coefficient (Wildman–Crippen LogP) is 3.75. The number of fused-ring (bicyclic) bond motifs is 1. The Morgan fingerprint density at radius 2 is 1.84 bits per heavy atom. The van der Waals surface area contributed by atoms with E-state index in [0.29, 0.717) is 5.82 Å². The Balaban J connectivity index is 1.82. The molecule has 0 amide bonds. The lowest BCUT2D eigenvalue weighted by Gasteiger charge is -2.19. The van der Waals surface area contributed by atoms with Gasteiger partial charge in [-0.15, -0.1) is 0 Å². The molecule has 0 aliphatic rings. The minimum atomic E-state index is -4.60. The van der Waals surface area contributed by atoms with Crippen molar-refractivity contribution in [3.05, 3.63) is 69.8 Å². The van der Waals surface area contributed by atoms with Gasteiger partial charge in [0.15, 0.2) is 5.82 Å². The summed E-state index contributed by atoms with van der Waals surface area (Å²) in [4.78, 5) is 24.9. The van der Waals surface area contributed by atoms with Crippen LogP contribution in [0, 0.1) is 0 Å². The molecule has 0 aliphatic heterocycles. The monoisotopic (exact) mass is 449 g/mol. The summed E-state index contributed by atoms with van der Waals surface area (Å²) in [5, 5.41) is 7.13. The number of hydrogen-bond acceptors (Lipinski definition) is 6. The Labute approximate surface area is 178 Å². The third kappa shape index (κ3) is 3.83. The van der Waals surface area contributed by atoms with Crippen molar-refractivity contribution in [2.24, 2.45) is 7.05 Å². The van der Waals surface area contributed by atoms with Crippen LogP contribution in [0.25, 0.3) is 16.9 Å². The Morgan fingerprint density at radius 1 is 1.13 bits per heavy atom. The zero-order chi connectivity index (χ0) is 22.3. The molecule has 0 aliphatic carbocycles. The number of nitrogens with one attached hydrogen (secondary N) is 1. The summed E-state index contributed by atoms with van der Waals surface area (Å²) in [6.07, 6.45) is -0.202. The number of nitrogens with zero attached hydrogens (tertiary/aromatic N) is 6. The highest BCUT2D eigenvalue weighted by atomic mass is 35.5.